The summed E-state index contributed by atoms with van der Waals surface area (Å²) in [7, 11) is -3.79. The van der Waals surface area contributed by atoms with Gasteiger partial charge in [0.25, 0.3) is 0 Å². The van der Waals surface area contributed by atoms with E-state index in [4.69, 9.17) is 28.7 Å². The van der Waals surface area contributed by atoms with Crippen LogP contribution in [0.15, 0.2) is 48.7 Å². The lowest BCUT2D eigenvalue weighted by molar-refractivity contribution is -0.432. The number of para-hydroxylation sites is 2. The van der Waals surface area contributed by atoms with Crippen molar-refractivity contribution < 1.29 is 33.5 Å². The molecule has 30 heavy (non-hydrogen) atoms. The fourth-order valence-electron chi connectivity index (χ4n) is 2.71. The van der Waals surface area contributed by atoms with Gasteiger partial charge in [-0.2, -0.15) is 7.82 Å². The molecule has 0 aliphatic carbocycles. The molecule has 1 aromatic heterocycles. The molecule has 0 unspecified atom stereocenters. The summed E-state index contributed by atoms with van der Waals surface area (Å²) in [6.45, 7) is 4.10. The number of carbonyl (C=O) groups excluding carboxylic acids is 1. The molecule has 9 nitrogen and oxygen atoms in total. The molecule has 0 radical (unpaired) electrons. The minimum absolute atomic E-state index is 0.304. The first-order chi connectivity index (χ1) is 14.2. The Morgan fingerprint density at radius 3 is 2.40 bits per heavy atom. The van der Waals surface area contributed by atoms with Crippen molar-refractivity contribution in [2.75, 3.05) is 19.0 Å². The van der Waals surface area contributed by atoms with Crippen LogP contribution in [0.4, 0.5) is 11.4 Å². The lowest BCUT2D eigenvalue weighted by Gasteiger charge is -2.36. The quantitative estimate of drug-likeness (QED) is 0.470. The average molecular weight is 431 g/mol. The number of fused-ring (bicyclic) bond motifs is 1. The third-order valence-electron chi connectivity index (χ3n) is 3.98. The van der Waals surface area contributed by atoms with Gasteiger partial charge in [-0.25, -0.2) is 4.79 Å². The molecule has 3 rings (SSSR count). The van der Waals surface area contributed by atoms with E-state index in [0.29, 0.717) is 29.1 Å². The van der Waals surface area contributed by atoms with Crippen LogP contribution in [0, 0.1) is 6.92 Å². The molecule has 0 atom stereocenters. The van der Waals surface area contributed by atoms with Crippen LogP contribution in [0.25, 0.3) is 10.9 Å². The van der Waals surface area contributed by atoms with Gasteiger partial charge in [0.15, 0.2) is 0 Å². The maximum atomic E-state index is 12.4. The van der Waals surface area contributed by atoms with Gasteiger partial charge in [0.05, 0.1) is 19.4 Å². The Hall–Kier alpha value is -2.97. The second-order valence-corrected chi connectivity index (χ2v) is 6.91. The first kappa shape index (κ1) is 23.3. The van der Waals surface area contributed by atoms with E-state index in [9.17, 15) is 4.79 Å². The number of carbonyl (C=O) groups is 1. The van der Waals surface area contributed by atoms with Crippen molar-refractivity contribution in [2.45, 2.75) is 13.8 Å². The Bertz CT molecular complexity index is 1070. The molecule has 0 fully saturated rings. The highest BCUT2D eigenvalue weighted by atomic mass is 31.2. The number of ether oxygens (including phenoxy) is 2. The number of anilines is 2. The molecule has 3 aromatic rings. The number of aryl methyl sites for hydroxylation is 1. The largest absolute Gasteiger partial charge is 0.822 e. The molecule has 0 saturated carbocycles. The number of benzene rings is 2. The van der Waals surface area contributed by atoms with Crippen LogP contribution >= 0.6 is 7.82 Å². The van der Waals surface area contributed by atoms with Crippen molar-refractivity contribution in [3.05, 3.63) is 59.8 Å². The topological polar surface area (TPSA) is 147 Å². The van der Waals surface area contributed by atoms with Crippen LogP contribution in [0.3, 0.4) is 0 Å². The van der Waals surface area contributed by atoms with Crippen LogP contribution < -0.4 is 24.7 Å². The van der Waals surface area contributed by atoms with E-state index >= 15 is 0 Å². The van der Waals surface area contributed by atoms with E-state index in [1.807, 2.05) is 49.4 Å². The van der Waals surface area contributed by atoms with E-state index in [-0.39, 0.29) is 0 Å². The summed E-state index contributed by atoms with van der Waals surface area (Å²) in [5, 5.41) is 4.18. The van der Waals surface area contributed by atoms with E-state index in [2.05, 4.69) is 10.3 Å². The SMILES string of the molecule is CCOC(=O)c1cnc2c(OC)cccc2c1Nc1ccccc1C.O=P([O-])([O-])[O-]. The molecule has 1 N–H and O–H groups in total. The molecule has 1 heterocycles. The predicted molar refractivity (Wildman–Crippen MR) is 106 cm³/mol. The summed E-state index contributed by atoms with van der Waals surface area (Å²) in [4.78, 5) is 42.5. The Kier molecular flexibility index (Phi) is 7.91. The standard InChI is InChI=1S/C20H20N2O3.H3O4P/c1-4-25-20(23)15-12-21-19-14(9-7-11-17(19)24-3)18(15)22-16-10-6-5-8-13(16)2;1-5(2,3)4/h5-12H,4H2,1-3H3,(H,21,22);(H3,1,2,3,4)/p-3. The molecule has 0 aliphatic rings. The average Bonchev–Trinajstić information content (AvgIpc) is 2.68. The number of methoxy groups -OCH3 is 1. The Balaban J connectivity index is 0.000000575. The van der Waals surface area contributed by atoms with E-state index in [1.165, 1.54) is 6.20 Å². The van der Waals surface area contributed by atoms with E-state index < -0.39 is 13.8 Å². The van der Waals surface area contributed by atoms with Gasteiger partial charge in [-0.15, -0.1) is 0 Å². The number of esters is 1. The molecule has 0 bridgehead atoms. The van der Waals surface area contributed by atoms with Crippen molar-refractivity contribution in [3.8, 4) is 5.75 Å². The zero-order valence-electron chi connectivity index (χ0n) is 16.6. The number of hydrogen-bond acceptors (Lipinski definition) is 9. The minimum atomic E-state index is -5.39. The summed E-state index contributed by atoms with van der Waals surface area (Å²) in [6, 6.07) is 13.5. The van der Waals surface area contributed by atoms with Crippen LogP contribution in [-0.4, -0.2) is 24.7 Å². The van der Waals surface area contributed by atoms with Gasteiger partial charge in [-0.05, 0) is 31.5 Å². The number of rotatable bonds is 5. The fourth-order valence-corrected chi connectivity index (χ4v) is 2.71. The molecule has 2 aromatic carbocycles. The third-order valence-corrected chi connectivity index (χ3v) is 3.98. The molecule has 0 spiro atoms. The summed E-state index contributed by atoms with van der Waals surface area (Å²) in [5.74, 6) is 0.247. The third kappa shape index (κ3) is 6.27. The zero-order chi connectivity index (χ0) is 22.3. The molecule has 0 aliphatic heterocycles. The number of phosphoric acid groups is 1. The van der Waals surface area contributed by atoms with Crippen molar-refractivity contribution in [1.29, 1.82) is 0 Å². The summed E-state index contributed by atoms with van der Waals surface area (Å²) in [5.41, 5.74) is 3.74. The van der Waals surface area contributed by atoms with Gasteiger partial charge in [0.2, 0.25) is 0 Å². The minimum Gasteiger partial charge on any atom is -0.822 e. The van der Waals surface area contributed by atoms with Crippen LogP contribution in [-0.2, 0) is 9.30 Å². The number of nitrogens with zero attached hydrogens (tertiary/aromatic N) is 1. The van der Waals surface area contributed by atoms with E-state index in [0.717, 1.165) is 16.6 Å². The zero-order valence-corrected chi connectivity index (χ0v) is 17.5. The predicted octanol–water partition coefficient (Wildman–Crippen LogP) is 1.65. The molecule has 10 heteroatoms. The molecule has 160 valence electrons. The van der Waals surface area contributed by atoms with Crippen LogP contribution in [0.2, 0.25) is 0 Å². The normalized spacial score (nSPS) is 10.7. The van der Waals surface area contributed by atoms with E-state index in [1.54, 1.807) is 14.0 Å². The van der Waals surface area contributed by atoms with Gasteiger partial charge >= 0.3 is 5.97 Å². The lowest BCUT2D eigenvalue weighted by Crippen LogP contribution is -2.24. The molecular formula is C20H20N2O7P-3. The highest BCUT2D eigenvalue weighted by molar-refractivity contribution is 7.40. The molecule has 0 saturated heterocycles. The fraction of sp³-hybridized carbons (Fsp3) is 0.200. The van der Waals surface area contributed by atoms with Crippen molar-refractivity contribution >= 4 is 36.1 Å². The Morgan fingerprint density at radius 2 is 1.80 bits per heavy atom. The maximum absolute atomic E-state index is 12.4. The van der Waals surface area contributed by atoms with Gasteiger partial charge in [-0.3, -0.25) is 4.98 Å². The lowest BCUT2D eigenvalue weighted by atomic mass is 10.1. The second-order valence-electron chi connectivity index (χ2n) is 6.01. The van der Waals surface area contributed by atoms with Gasteiger partial charge in [-0.1, -0.05) is 30.3 Å². The smallest absolute Gasteiger partial charge is 0.341 e. The second kappa shape index (κ2) is 10.2. The first-order valence-corrected chi connectivity index (χ1v) is 10.3. The summed E-state index contributed by atoms with van der Waals surface area (Å²) in [6.07, 6.45) is 1.53. The number of aromatic nitrogens is 1. The van der Waals surface area contributed by atoms with Gasteiger partial charge < -0.3 is 34.0 Å². The van der Waals surface area contributed by atoms with Gasteiger partial charge in [0, 0.05) is 17.3 Å². The van der Waals surface area contributed by atoms with Gasteiger partial charge in [0.1, 0.15) is 16.8 Å². The monoisotopic (exact) mass is 431 g/mol. The number of hydrogen-bond donors (Lipinski definition) is 1. The highest BCUT2D eigenvalue weighted by Crippen LogP contribution is 2.34. The molecule has 0 amide bonds. The van der Waals surface area contributed by atoms with Crippen molar-refractivity contribution in [1.82, 2.24) is 4.98 Å². The van der Waals surface area contributed by atoms with Crippen molar-refractivity contribution in [3.63, 3.8) is 0 Å². The first-order valence-electron chi connectivity index (χ1n) is 8.84. The Morgan fingerprint density at radius 1 is 1.13 bits per heavy atom. The van der Waals surface area contributed by atoms with Crippen molar-refractivity contribution in [2.24, 2.45) is 0 Å². The molecular weight excluding hydrogens is 411 g/mol. The number of pyridine rings is 1. The summed E-state index contributed by atoms with van der Waals surface area (Å²) >= 11 is 0. The Labute approximate surface area is 173 Å². The number of nitrogens with one attached hydrogen (secondary N) is 1. The summed E-state index contributed by atoms with van der Waals surface area (Å²) < 4.78 is 19.1. The highest BCUT2D eigenvalue weighted by Gasteiger charge is 2.18. The maximum Gasteiger partial charge on any atom is 0.341 e. The van der Waals surface area contributed by atoms with Crippen LogP contribution in [0.1, 0.15) is 22.8 Å². The van der Waals surface area contributed by atoms with Crippen LogP contribution in [0.5, 0.6) is 5.75 Å².